The van der Waals surface area contributed by atoms with Gasteiger partial charge >= 0.3 is 5.97 Å². The Hall–Kier alpha value is -2.07. The molecule has 1 N–H and O–H groups in total. The smallest absolute Gasteiger partial charge is 0.316 e. The number of nitrogens with zero attached hydrogens (tertiary/aromatic N) is 2. The number of ether oxygens (including phenoxy) is 2. The number of aromatic nitrogens is 1. The topological polar surface area (TPSA) is 111 Å². The highest BCUT2D eigenvalue weighted by Gasteiger charge is 2.18. The number of morpholine rings is 1. The molecule has 0 bridgehead atoms. The van der Waals surface area contributed by atoms with Crippen LogP contribution in [-0.4, -0.2) is 72.3 Å². The molecule has 0 unspecified atom stereocenters. The minimum absolute atomic E-state index is 0.0122. The van der Waals surface area contributed by atoms with E-state index in [0.717, 1.165) is 11.8 Å². The fraction of sp³-hybridized carbons (Fsp3) is 0.571. The molecule has 1 fully saturated rings. The minimum Gasteiger partial charge on any atom is -0.455 e. The summed E-state index contributed by atoms with van der Waals surface area (Å²) in [6, 6.07) is 1.59. The van der Waals surface area contributed by atoms with E-state index in [4.69, 9.17) is 14.0 Å². The van der Waals surface area contributed by atoms with E-state index in [1.165, 1.54) is 0 Å². The van der Waals surface area contributed by atoms with Crippen LogP contribution in [0.4, 0.5) is 5.82 Å². The molecule has 0 radical (unpaired) electrons. The summed E-state index contributed by atoms with van der Waals surface area (Å²) >= 11 is 1.09. The van der Waals surface area contributed by atoms with Crippen LogP contribution in [0.25, 0.3) is 0 Å². The van der Waals surface area contributed by atoms with Crippen molar-refractivity contribution in [3.63, 3.8) is 0 Å². The molecular formula is C14H19N3O6S. The maximum atomic E-state index is 11.8. The van der Waals surface area contributed by atoms with Crippen LogP contribution in [0, 0.1) is 6.92 Å². The number of aryl methyl sites for hydroxylation is 1. The zero-order chi connectivity index (χ0) is 17.4. The van der Waals surface area contributed by atoms with E-state index in [1.54, 1.807) is 17.9 Å². The number of hydrogen-bond acceptors (Lipinski definition) is 8. The first-order chi connectivity index (χ1) is 11.5. The number of hydrogen-bond donors (Lipinski definition) is 1. The second-order valence-corrected chi connectivity index (χ2v) is 6.00. The molecule has 0 atom stereocenters. The van der Waals surface area contributed by atoms with Gasteiger partial charge < -0.3 is 24.2 Å². The van der Waals surface area contributed by atoms with Crippen molar-refractivity contribution in [3.8, 4) is 0 Å². The summed E-state index contributed by atoms with van der Waals surface area (Å²) in [5.74, 6) is -0.101. The van der Waals surface area contributed by atoms with Crippen LogP contribution >= 0.6 is 11.8 Å². The second-order valence-electron chi connectivity index (χ2n) is 5.02. The van der Waals surface area contributed by atoms with Gasteiger partial charge in [-0.15, -0.1) is 11.8 Å². The first kappa shape index (κ1) is 18.3. The Morgan fingerprint density at radius 1 is 1.33 bits per heavy atom. The van der Waals surface area contributed by atoms with Gasteiger partial charge in [-0.1, -0.05) is 5.16 Å². The van der Waals surface area contributed by atoms with Crippen molar-refractivity contribution in [2.45, 2.75) is 6.92 Å². The Balaban J connectivity index is 1.57. The molecule has 0 aliphatic carbocycles. The van der Waals surface area contributed by atoms with Gasteiger partial charge in [-0.25, -0.2) is 0 Å². The summed E-state index contributed by atoms with van der Waals surface area (Å²) in [7, 11) is 0. The maximum Gasteiger partial charge on any atom is 0.316 e. The van der Waals surface area contributed by atoms with Crippen LogP contribution in [-0.2, 0) is 23.9 Å². The monoisotopic (exact) mass is 357 g/mol. The molecule has 0 saturated carbocycles. The van der Waals surface area contributed by atoms with Crippen molar-refractivity contribution < 1.29 is 28.4 Å². The third-order valence-corrected chi connectivity index (χ3v) is 3.98. The van der Waals surface area contributed by atoms with Crippen LogP contribution in [0.1, 0.15) is 5.76 Å². The molecule has 1 aromatic heterocycles. The van der Waals surface area contributed by atoms with Crippen molar-refractivity contribution in [1.29, 1.82) is 0 Å². The number of nitrogens with one attached hydrogen (secondary N) is 1. The SMILES string of the molecule is Cc1cc(NC(=O)CSCC(=O)OCC(=O)N2CCOCC2)no1. The summed E-state index contributed by atoms with van der Waals surface area (Å²) < 4.78 is 14.9. The second kappa shape index (κ2) is 9.28. The van der Waals surface area contributed by atoms with Gasteiger partial charge in [0.05, 0.1) is 24.7 Å². The van der Waals surface area contributed by atoms with Gasteiger partial charge in [0.1, 0.15) is 5.76 Å². The average Bonchev–Trinajstić information content (AvgIpc) is 2.98. The van der Waals surface area contributed by atoms with Gasteiger partial charge in [0.15, 0.2) is 12.4 Å². The highest BCUT2D eigenvalue weighted by Crippen LogP contribution is 2.08. The third-order valence-electron chi connectivity index (χ3n) is 3.07. The van der Waals surface area contributed by atoms with Crippen molar-refractivity contribution in [2.75, 3.05) is 49.7 Å². The van der Waals surface area contributed by atoms with Gasteiger partial charge in [0.2, 0.25) is 5.91 Å². The maximum absolute atomic E-state index is 11.8. The molecule has 9 nitrogen and oxygen atoms in total. The Morgan fingerprint density at radius 3 is 2.75 bits per heavy atom. The summed E-state index contributed by atoms with van der Waals surface area (Å²) in [6.45, 7) is 3.43. The molecule has 2 amide bonds. The van der Waals surface area contributed by atoms with E-state index in [-0.39, 0.29) is 29.9 Å². The Labute approximate surface area is 143 Å². The Kier molecular flexibility index (Phi) is 7.07. The number of amides is 2. The molecule has 24 heavy (non-hydrogen) atoms. The van der Waals surface area contributed by atoms with Crippen molar-refractivity contribution in [1.82, 2.24) is 10.1 Å². The Morgan fingerprint density at radius 2 is 2.08 bits per heavy atom. The van der Waals surface area contributed by atoms with Crippen LogP contribution in [0.15, 0.2) is 10.6 Å². The normalized spacial score (nSPS) is 14.3. The molecule has 1 aliphatic heterocycles. The molecule has 2 heterocycles. The van der Waals surface area contributed by atoms with Crippen molar-refractivity contribution in [2.24, 2.45) is 0 Å². The van der Waals surface area contributed by atoms with E-state index >= 15 is 0 Å². The zero-order valence-electron chi connectivity index (χ0n) is 13.3. The molecule has 2 rings (SSSR count). The van der Waals surface area contributed by atoms with Gasteiger partial charge in [-0.2, -0.15) is 0 Å². The first-order valence-corrected chi connectivity index (χ1v) is 8.52. The van der Waals surface area contributed by atoms with Gasteiger partial charge in [-0.3, -0.25) is 14.4 Å². The number of rotatable bonds is 7. The number of thioether (sulfide) groups is 1. The van der Waals surface area contributed by atoms with Crippen molar-refractivity contribution >= 4 is 35.4 Å². The summed E-state index contributed by atoms with van der Waals surface area (Å²) in [4.78, 5) is 36.6. The lowest BCUT2D eigenvalue weighted by Crippen LogP contribution is -2.42. The number of esters is 1. The van der Waals surface area contributed by atoms with Crippen LogP contribution < -0.4 is 5.32 Å². The fourth-order valence-corrected chi connectivity index (χ4v) is 2.53. The molecular weight excluding hydrogens is 338 g/mol. The van der Waals surface area contributed by atoms with Gasteiger partial charge in [0.25, 0.3) is 5.91 Å². The lowest BCUT2D eigenvalue weighted by molar-refractivity contribution is -0.151. The molecule has 1 saturated heterocycles. The highest BCUT2D eigenvalue weighted by atomic mass is 32.2. The number of carbonyl (C=O) groups excluding carboxylic acids is 3. The molecule has 0 aromatic carbocycles. The number of carbonyl (C=O) groups is 3. The molecule has 1 aliphatic rings. The molecule has 132 valence electrons. The molecule has 10 heteroatoms. The Bertz CT molecular complexity index is 585. The van der Waals surface area contributed by atoms with Crippen molar-refractivity contribution in [3.05, 3.63) is 11.8 Å². The quantitative estimate of drug-likeness (QED) is 0.682. The fourth-order valence-electron chi connectivity index (χ4n) is 1.92. The highest BCUT2D eigenvalue weighted by molar-refractivity contribution is 8.00. The van der Waals surface area contributed by atoms with E-state index < -0.39 is 5.97 Å². The van der Waals surface area contributed by atoms with Crippen LogP contribution in [0.3, 0.4) is 0 Å². The minimum atomic E-state index is -0.535. The van der Waals surface area contributed by atoms with Crippen LogP contribution in [0.5, 0.6) is 0 Å². The standard InChI is InChI=1S/C14H19N3O6S/c1-10-6-11(16-23-10)15-12(18)8-24-9-14(20)22-7-13(19)17-2-4-21-5-3-17/h6H,2-5,7-9H2,1H3,(H,15,16,18). The first-order valence-electron chi connectivity index (χ1n) is 7.36. The van der Waals surface area contributed by atoms with E-state index in [9.17, 15) is 14.4 Å². The predicted octanol–water partition coefficient (Wildman–Crippen LogP) is 0.0567. The van der Waals surface area contributed by atoms with E-state index in [0.29, 0.717) is 37.9 Å². The van der Waals surface area contributed by atoms with Gasteiger partial charge in [0, 0.05) is 19.2 Å². The summed E-state index contributed by atoms with van der Waals surface area (Å²) in [6.07, 6.45) is 0. The lowest BCUT2D eigenvalue weighted by atomic mass is 10.4. The van der Waals surface area contributed by atoms with E-state index in [2.05, 4.69) is 10.5 Å². The molecule has 0 spiro atoms. The zero-order valence-corrected chi connectivity index (χ0v) is 14.1. The van der Waals surface area contributed by atoms with Crippen LogP contribution in [0.2, 0.25) is 0 Å². The summed E-state index contributed by atoms with van der Waals surface area (Å²) in [5.41, 5.74) is 0. The average molecular weight is 357 g/mol. The van der Waals surface area contributed by atoms with E-state index in [1.807, 2.05) is 0 Å². The largest absolute Gasteiger partial charge is 0.455 e. The number of anilines is 1. The lowest BCUT2D eigenvalue weighted by Gasteiger charge is -2.26. The summed E-state index contributed by atoms with van der Waals surface area (Å²) in [5, 5.41) is 6.17. The molecule has 1 aromatic rings. The van der Waals surface area contributed by atoms with Gasteiger partial charge in [-0.05, 0) is 6.92 Å². The predicted molar refractivity (Wildman–Crippen MR) is 85.6 cm³/mol. The third kappa shape index (κ3) is 6.20.